The normalized spacial score (nSPS) is 10.7. The first-order chi connectivity index (χ1) is 12.0. The summed E-state index contributed by atoms with van der Waals surface area (Å²) in [6.45, 7) is 0.274. The van der Waals surface area contributed by atoms with Crippen LogP contribution in [0.2, 0.25) is 15.1 Å². The average Bonchev–Trinajstić information content (AvgIpc) is 3.02. The number of carbonyl (C=O) groups is 1. The van der Waals surface area contributed by atoms with Crippen LogP contribution in [-0.4, -0.2) is 15.7 Å². The molecule has 3 N–H and O–H groups in total. The first-order valence-electron chi connectivity index (χ1n) is 7.26. The fraction of sp³-hybridized carbons (Fsp3) is 0.0588. The maximum Gasteiger partial charge on any atom is 0.283 e. The van der Waals surface area contributed by atoms with E-state index in [1.165, 1.54) is 4.68 Å². The van der Waals surface area contributed by atoms with Crippen LogP contribution in [0.4, 0.5) is 0 Å². The second kappa shape index (κ2) is 7.45. The highest BCUT2D eigenvalue weighted by Crippen LogP contribution is 2.25. The largest absolute Gasteiger partial charge is 0.289 e. The summed E-state index contributed by atoms with van der Waals surface area (Å²) in [6.07, 6.45) is 0. The van der Waals surface area contributed by atoms with Crippen LogP contribution in [0.25, 0.3) is 11.3 Å². The van der Waals surface area contributed by atoms with Crippen LogP contribution in [0, 0.1) is 0 Å². The van der Waals surface area contributed by atoms with Crippen LogP contribution in [-0.2, 0) is 6.54 Å². The lowest BCUT2D eigenvalue weighted by molar-refractivity contribution is 0.0943. The summed E-state index contributed by atoms with van der Waals surface area (Å²) in [7, 11) is 0. The van der Waals surface area contributed by atoms with Gasteiger partial charge in [-0.15, -0.1) is 0 Å². The Morgan fingerprint density at radius 1 is 1.04 bits per heavy atom. The molecule has 0 aliphatic carbocycles. The number of halogens is 3. The summed E-state index contributed by atoms with van der Waals surface area (Å²) in [6, 6.07) is 14.0. The highest BCUT2D eigenvalue weighted by molar-refractivity contribution is 6.33. The van der Waals surface area contributed by atoms with Gasteiger partial charge >= 0.3 is 0 Å². The van der Waals surface area contributed by atoms with Gasteiger partial charge in [0.15, 0.2) is 0 Å². The molecule has 3 aromatic rings. The molecule has 3 rings (SSSR count). The molecular formula is C17H13Cl3N4O. The molecule has 0 saturated carbocycles. The van der Waals surface area contributed by atoms with Crippen molar-refractivity contribution in [3.05, 3.63) is 74.9 Å². The Labute approximate surface area is 159 Å². The molecular weight excluding hydrogens is 383 g/mol. The Morgan fingerprint density at radius 2 is 1.72 bits per heavy atom. The SMILES string of the molecule is NNC(=O)c1cc(-c2ccc(Cl)cc2)nn1Cc1cc(Cl)ccc1Cl. The van der Waals surface area contributed by atoms with Gasteiger partial charge in [-0.3, -0.25) is 14.9 Å². The molecule has 0 spiro atoms. The quantitative estimate of drug-likeness (QED) is 0.396. The summed E-state index contributed by atoms with van der Waals surface area (Å²) in [4.78, 5) is 12.1. The molecule has 8 heteroatoms. The van der Waals surface area contributed by atoms with E-state index in [2.05, 4.69) is 10.5 Å². The number of hydrazine groups is 1. The average molecular weight is 396 g/mol. The Balaban J connectivity index is 2.03. The second-order valence-electron chi connectivity index (χ2n) is 5.29. The molecule has 0 aliphatic rings. The molecule has 0 aliphatic heterocycles. The Kier molecular flexibility index (Phi) is 5.30. The van der Waals surface area contributed by atoms with Gasteiger partial charge in [-0.25, -0.2) is 5.84 Å². The zero-order chi connectivity index (χ0) is 18.0. The van der Waals surface area contributed by atoms with Crippen molar-refractivity contribution in [2.24, 2.45) is 5.84 Å². The van der Waals surface area contributed by atoms with E-state index in [0.29, 0.717) is 26.5 Å². The molecule has 1 heterocycles. The third-order valence-electron chi connectivity index (χ3n) is 3.61. The van der Waals surface area contributed by atoms with Crippen LogP contribution in [0.1, 0.15) is 16.1 Å². The highest BCUT2D eigenvalue weighted by Gasteiger charge is 2.17. The number of carbonyl (C=O) groups excluding carboxylic acids is 1. The molecule has 5 nitrogen and oxygen atoms in total. The molecule has 1 amide bonds. The van der Waals surface area contributed by atoms with Crippen LogP contribution < -0.4 is 11.3 Å². The van der Waals surface area contributed by atoms with Crippen LogP contribution in [0.3, 0.4) is 0 Å². The molecule has 1 aromatic heterocycles. The smallest absolute Gasteiger partial charge is 0.283 e. The van der Waals surface area contributed by atoms with E-state index in [9.17, 15) is 4.79 Å². The van der Waals surface area contributed by atoms with E-state index in [0.717, 1.165) is 11.1 Å². The lowest BCUT2D eigenvalue weighted by Crippen LogP contribution is -2.32. The number of hydrogen-bond acceptors (Lipinski definition) is 3. The molecule has 0 radical (unpaired) electrons. The zero-order valence-electron chi connectivity index (χ0n) is 12.8. The third-order valence-corrected chi connectivity index (χ3v) is 4.47. The first kappa shape index (κ1) is 17.8. The first-order valence-corrected chi connectivity index (χ1v) is 8.40. The standard InChI is InChI=1S/C17H13Cl3N4O/c18-12-3-1-10(2-4-12)15-8-16(17(25)22-21)24(23-15)9-11-7-13(19)5-6-14(11)20/h1-8H,9,21H2,(H,22,25). The summed E-state index contributed by atoms with van der Waals surface area (Å²) < 4.78 is 1.53. The van der Waals surface area contributed by atoms with Crippen LogP contribution >= 0.6 is 34.8 Å². The van der Waals surface area contributed by atoms with Gasteiger partial charge in [0.2, 0.25) is 0 Å². The molecule has 0 unspecified atom stereocenters. The number of benzene rings is 2. The Morgan fingerprint density at radius 3 is 2.40 bits per heavy atom. The summed E-state index contributed by atoms with van der Waals surface area (Å²) in [5, 5.41) is 6.20. The van der Waals surface area contributed by atoms with Gasteiger partial charge < -0.3 is 0 Å². The number of nitrogens with one attached hydrogen (secondary N) is 1. The van der Waals surface area contributed by atoms with E-state index >= 15 is 0 Å². The number of nitrogens with two attached hydrogens (primary N) is 1. The van der Waals surface area contributed by atoms with Crippen molar-refractivity contribution in [2.75, 3.05) is 0 Å². The Bertz CT molecular complexity index is 922. The minimum absolute atomic E-state index is 0.274. The van der Waals surface area contributed by atoms with Crippen molar-refractivity contribution in [1.29, 1.82) is 0 Å². The number of hydrogen-bond donors (Lipinski definition) is 2. The minimum atomic E-state index is -0.453. The predicted molar refractivity (Wildman–Crippen MR) is 99.9 cm³/mol. The van der Waals surface area contributed by atoms with Crippen molar-refractivity contribution in [3.8, 4) is 11.3 Å². The minimum Gasteiger partial charge on any atom is -0.289 e. The van der Waals surface area contributed by atoms with Gasteiger partial charge in [-0.05, 0) is 42.0 Å². The topological polar surface area (TPSA) is 72.9 Å². The number of rotatable bonds is 4. The predicted octanol–water partition coefficient (Wildman–Crippen LogP) is 4.16. The second-order valence-corrected chi connectivity index (χ2v) is 6.57. The van der Waals surface area contributed by atoms with Gasteiger partial charge in [0.1, 0.15) is 5.69 Å². The highest BCUT2D eigenvalue weighted by atomic mass is 35.5. The van der Waals surface area contributed by atoms with E-state index in [4.69, 9.17) is 40.6 Å². The number of nitrogen functional groups attached to an aromatic ring is 1. The molecule has 0 bridgehead atoms. The molecule has 0 saturated heterocycles. The number of nitrogens with zero attached hydrogens (tertiary/aromatic N) is 2. The monoisotopic (exact) mass is 394 g/mol. The molecule has 0 fully saturated rings. The fourth-order valence-corrected chi connectivity index (χ4v) is 2.88. The van der Waals surface area contributed by atoms with Gasteiger partial charge in [0, 0.05) is 20.6 Å². The zero-order valence-corrected chi connectivity index (χ0v) is 15.1. The lowest BCUT2D eigenvalue weighted by Gasteiger charge is -2.08. The molecule has 0 atom stereocenters. The van der Waals surface area contributed by atoms with Crippen LogP contribution in [0.5, 0.6) is 0 Å². The van der Waals surface area contributed by atoms with Crippen molar-refractivity contribution >= 4 is 40.7 Å². The molecule has 128 valence electrons. The third kappa shape index (κ3) is 3.96. The van der Waals surface area contributed by atoms with Gasteiger partial charge in [-0.2, -0.15) is 5.10 Å². The maximum absolute atomic E-state index is 12.1. The van der Waals surface area contributed by atoms with Crippen molar-refractivity contribution < 1.29 is 4.79 Å². The fourth-order valence-electron chi connectivity index (χ4n) is 2.38. The summed E-state index contributed by atoms with van der Waals surface area (Å²) in [5.41, 5.74) is 4.62. The number of amides is 1. The summed E-state index contributed by atoms with van der Waals surface area (Å²) >= 11 is 18.2. The maximum atomic E-state index is 12.1. The molecule has 2 aromatic carbocycles. The van der Waals surface area contributed by atoms with Crippen molar-refractivity contribution in [1.82, 2.24) is 15.2 Å². The van der Waals surface area contributed by atoms with Gasteiger partial charge in [0.25, 0.3) is 5.91 Å². The Hall–Kier alpha value is -2.05. The molecule has 25 heavy (non-hydrogen) atoms. The summed E-state index contributed by atoms with van der Waals surface area (Å²) in [5.74, 6) is 4.83. The van der Waals surface area contributed by atoms with E-state index in [1.807, 2.05) is 12.1 Å². The van der Waals surface area contributed by atoms with Gasteiger partial charge in [0.05, 0.1) is 12.2 Å². The van der Waals surface area contributed by atoms with Gasteiger partial charge in [-0.1, -0.05) is 46.9 Å². The van der Waals surface area contributed by atoms with Crippen LogP contribution in [0.15, 0.2) is 48.5 Å². The number of aromatic nitrogens is 2. The van der Waals surface area contributed by atoms with E-state index < -0.39 is 5.91 Å². The lowest BCUT2D eigenvalue weighted by atomic mass is 10.1. The van der Waals surface area contributed by atoms with E-state index in [-0.39, 0.29) is 6.54 Å². The van der Waals surface area contributed by atoms with Crippen molar-refractivity contribution in [2.45, 2.75) is 6.54 Å². The van der Waals surface area contributed by atoms with Crippen molar-refractivity contribution in [3.63, 3.8) is 0 Å². The van der Waals surface area contributed by atoms with E-state index in [1.54, 1.807) is 36.4 Å².